The summed E-state index contributed by atoms with van der Waals surface area (Å²) in [6.45, 7) is 0.536. The lowest BCUT2D eigenvalue weighted by atomic mass is 10.1. The maximum atomic E-state index is 13.4. The number of fused-ring (bicyclic) bond motifs is 1. The van der Waals surface area contributed by atoms with Crippen LogP contribution < -0.4 is 15.5 Å². The molecule has 1 aromatic carbocycles. The number of amides is 2. The fourth-order valence-corrected chi connectivity index (χ4v) is 3.55. The molecule has 3 heterocycles. The monoisotopic (exact) mass is 390 g/mol. The molecule has 0 unspecified atom stereocenters. The third kappa shape index (κ3) is 3.24. The van der Waals surface area contributed by atoms with E-state index >= 15 is 0 Å². The summed E-state index contributed by atoms with van der Waals surface area (Å²) in [6, 6.07) is 8.04. The number of benzene rings is 1. The van der Waals surface area contributed by atoms with Crippen LogP contribution in [0.15, 0.2) is 42.9 Å². The summed E-state index contributed by atoms with van der Waals surface area (Å²) >= 11 is 0. The highest BCUT2D eigenvalue weighted by Crippen LogP contribution is 2.39. The number of nitrogens with zero attached hydrogens (tertiary/aromatic N) is 6. The van der Waals surface area contributed by atoms with Crippen LogP contribution in [-0.2, 0) is 13.6 Å². The average Bonchev–Trinajstić information content (AvgIpc) is 3.49. The molecule has 3 aromatic rings. The van der Waals surface area contributed by atoms with Crippen molar-refractivity contribution in [3.63, 3.8) is 0 Å². The number of nitrogens with one attached hydrogen (secondary N) is 2. The highest BCUT2D eigenvalue weighted by atomic mass is 16.2. The maximum Gasteiger partial charge on any atom is 0.330 e. The zero-order valence-corrected chi connectivity index (χ0v) is 16.3. The van der Waals surface area contributed by atoms with E-state index in [4.69, 9.17) is 4.98 Å². The Bertz CT molecular complexity index is 1070. The fraction of sp³-hybridized carbons (Fsp3) is 0.300. The Labute approximate surface area is 168 Å². The van der Waals surface area contributed by atoms with Crippen LogP contribution in [0.2, 0.25) is 0 Å². The van der Waals surface area contributed by atoms with Crippen molar-refractivity contribution in [1.29, 1.82) is 0 Å². The molecule has 9 nitrogen and oxygen atoms in total. The highest BCUT2D eigenvalue weighted by molar-refractivity contribution is 6.01. The first-order valence-electron chi connectivity index (χ1n) is 9.62. The quantitative estimate of drug-likeness (QED) is 0.695. The number of urea groups is 1. The van der Waals surface area contributed by atoms with Gasteiger partial charge < -0.3 is 15.5 Å². The minimum Gasteiger partial charge on any atom is -0.388 e. The molecule has 1 fully saturated rings. The van der Waals surface area contributed by atoms with Gasteiger partial charge in [0.2, 0.25) is 5.95 Å². The van der Waals surface area contributed by atoms with Gasteiger partial charge in [0.1, 0.15) is 0 Å². The van der Waals surface area contributed by atoms with E-state index in [0.29, 0.717) is 24.4 Å². The van der Waals surface area contributed by atoms with E-state index in [-0.39, 0.29) is 6.03 Å². The van der Waals surface area contributed by atoms with Gasteiger partial charge in [-0.3, -0.25) is 4.68 Å². The number of hydrogen-bond acceptors (Lipinski definition) is 6. The number of anilines is 5. The van der Waals surface area contributed by atoms with Crippen molar-refractivity contribution in [2.24, 2.45) is 7.05 Å². The second kappa shape index (κ2) is 6.77. The van der Waals surface area contributed by atoms with Gasteiger partial charge in [-0.25, -0.2) is 14.7 Å². The Morgan fingerprint density at radius 3 is 2.76 bits per heavy atom. The molecular formula is C20H22N8O. The lowest BCUT2D eigenvalue weighted by Crippen LogP contribution is -2.46. The SMILES string of the molecule is CNc1cccc(N2C(=O)N(C3CC3)Cc3cnc(Nc4cnn(C)c4)nc32)c1. The molecule has 0 radical (unpaired) electrons. The van der Waals surface area contributed by atoms with Crippen LogP contribution in [0.1, 0.15) is 18.4 Å². The predicted molar refractivity (Wildman–Crippen MR) is 111 cm³/mol. The van der Waals surface area contributed by atoms with E-state index in [0.717, 1.165) is 35.5 Å². The van der Waals surface area contributed by atoms with Crippen molar-refractivity contribution in [1.82, 2.24) is 24.6 Å². The Morgan fingerprint density at radius 2 is 2.03 bits per heavy atom. The maximum absolute atomic E-state index is 13.4. The Morgan fingerprint density at radius 1 is 1.17 bits per heavy atom. The van der Waals surface area contributed by atoms with Crippen LogP contribution in [0.25, 0.3) is 0 Å². The molecular weight excluding hydrogens is 368 g/mol. The van der Waals surface area contributed by atoms with Crippen molar-refractivity contribution in [3.05, 3.63) is 48.4 Å². The molecule has 1 aliphatic heterocycles. The molecule has 1 saturated carbocycles. The van der Waals surface area contributed by atoms with E-state index in [1.165, 1.54) is 0 Å². The topological polar surface area (TPSA) is 91.2 Å². The summed E-state index contributed by atoms with van der Waals surface area (Å²) in [4.78, 5) is 26.1. The molecule has 5 rings (SSSR count). The minimum atomic E-state index is -0.0423. The van der Waals surface area contributed by atoms with Crippen molar-refractivity contribution in [2.75, 3.05) is 22.6 Å². The van der Waals surface area contributed by atoms with Crippen molar-refractivity contribution < 1.29 is 4.79 Å². The zero-order chi connectivity index (χ0) is 20.0. The molecule has 0 saturated heterocycles. The molecule has 0 bridgehead atoms. The van der Waals surface area contributed by atoms with Gasteiger partial charge in [-0.05, 0) is 31.0 Å². The van der Waals surface area contributed by atoms with Crippen LogP contribution in [-0.4, -0.2) is 43.8 Å². The van der Waals surface area contributed by atoms with Gasteiger partial charge >= 0.3 is 6.03 Å². The van der Waals surface area contributed by atoms with E-state index in [1.54, 1.807) is 22.0 Å². The lowest BCUT2D eigenvalue weighted by Gasteiger charge is -2.36. The van der Waals surface area contributed by atoms with E-state index in [1.807, 2.05) is 49.5 Å². The number of rotatable bonds is 5. The number of carbonyl (C=O) groups excluding carboxylic acids is 1. The van der Waals surface area contributed by atoms with Gasteiger partial charge in [-0.2, -0.15) is 10.1 Å². The van der Waals surface area contributed by atoms with Crippen LogP contribution in [0.5, 0.6) is 0 Å². The Hall–Kier alpha value is -3.62. The molecule has 29 heavy (non-hydrogen) atoms. The molecule has 0 spiro atoms. The lowest BCUT2D eigenvalue weighted by molar-refractivity contribution is 0.198. The van der Waals surface area contributed by atoms with Gasteiger partial charge in [0, 0.05) is 43.8 Å². The molecule has 2 amide bonds. The summed E-state index contributed by atoms with van der Waals surface area (Å²) in [5, 5.41) is 10.4. The zero-order valence-electron chi connectivity index (χ0n) is 16.3. The highest BCUT2D eigenvalue weighted by Gasteiger charge is 2.41. The van der Waals surface area contributed by atoms with Crippen LogP contribution in [0, 0.1) is 0 Å². The van der Waals surface area contributed by atoms with Gasteiger partial charge in [-0.15, -0.1) is 0 Å². The van der Waals surface area contributed by atoms with Gasteiger partial charge in [0.15, 0.2) is 5.82 Å². The third-order valence-electron chi connectivity index (χ3n) is 5.17. The van der Waals surface area contributed by atoms with Crippen LogP contribution in [0.4, 0.5) is 33.6 Å². The van der Waals surface area contributed by atoms with Crippen molar-refractivity contribution >= 4 is 34.9 Å². The molecule has 2 aromatic heterocycles. The van der Waals surface area contributed by atoms with Gasteiger partial charge in [0.25, 0.3) is 0 Å². The van der Waals surface area contributed by atoms with E-state index < -0.39 is 0 Å². The second-order valence-electron chi connectivity index (χ2n) is 7.35. The molecule has 9 heteroatoms. The Balaban J connectivity index is 1.57. The summed E-state index contributed by atoms with van der Waals surface area (Å²) in [6.07, 6.45) is 7.45. The van der Waals surface area contributed by atoms with Crippen molar-refractivity contribution in [3.8, 4) is 0 Å². The minimum absolute atomic E-state index is 0.0423. The first-order valence-corrected chi connectivity index (χ1v) is 9.62. The smallest absolute Gasteiger partial charge is 0.330 e. The van der Waals surface area contributed by atoms with E-state index in [9.17, 15) is 4.79 Å². The molecule has 1 aliphatic carbocycles. The second-order valence-corrected chi connectivity index (χ2v) is 7.35. The summed E-state index contributed by atoms with van der Waals surface area (Å²) in [5.74, 6) is 1.04. The molecule has 148 valence electrons. The standard InChI is InChI=1S/C20H22N8O/c1-21-14-4-3-5-17(8-14)28-18-13(11-27(20(28)29)16-6-7-16)9-22-19(25-18)24-15-10-23-26(2)12-15/h3-5,8-10,12,16,21H,6-7,11H2,1-2H3,(H,22,24,25). The van der Waals surface area contributed by atoms with Crippen molar-refractivity contribution in [2.45, 2.75) is 25.4 Å². The average molecular weight is 390 g/mol. The van der Waals surface area contributed by atoms with E-state index in [2.05, 4.69) is 20.7 Å². The first kappa shape index (κ1) is 17.5. The predicted octanol–water partition coefficient (Wildman–Crippen LogP) is 3.23. The largest absolute Gasteiger partial charge is 0.388 e. The first-order chi connectivity index (χ1) is 14.1. The number of aryl methyl sites for hydroxylation is 1. The van der Waals surface area contributed by atoms with Gasteiger partial charge in [-0.1, -0.05) is 6.07 Å². The summed E-state index contributed by atoms with van der Waals surface area (Å²) in [5.41, 5.74) is 3.43. The Kier molecular flexibility index (Phi) is 4.08. The number of hydrogen-bond donors (Lipinski definition) is 2. The summed E-state index contributed by atoms with van der Waals surface area (Å²) in [7, 11) is 3.71. The molecule has 2 N–H and O–H groups in total. The molecule has 0 atom stereocenters. The third-order valence-corrected chi connectivity index (χ3v) is 5.17. The van der Waals surface area contributed by atoms with Gasteiger partial charge in [0.05, 0.1) is 24.1 Å². The number of aromatic nitrogens is 4. The molecule has 2 aliphatic rings. The van der Waals surface area contributed by atoms with Crippen LogP contribution in [0.3, 0.4) is 0 Å². The van der Waals surface area contributed by atoms with Crippen LogP contribution >= 0.6 is 0 Å². The fourth-order valence-electron chi connectivity index (χ4n) is 3.55. The normalized spacial score (nSPS) is 16.0. The summed E-state index contributed by atoms with van der Waals surface area (Å²) < 4.78 is 1.70. The number of carbonyl (C=O) groups is 1.